The summed E-state index contributed by atoms with van der Waals surface area (Å²) in [6.07, 6.45) is 0. The highest BCUT2D eigenvalue weighted by Gasteiger charge is 2.47. The summed E-state index contributed by atoms with van der Waals surface area (Å²) in [5.41, 5.74) is 4.02. The van der Waals surface area contributed by atoms with Crippen LogP contribution >= 0.6 is 0 Å². The Morgan fingerprint density at radius 1 is 0.930 bits per heavy atom. The van der Waals surface area contributed by atoms with Crippen molar-refractivity contribution in [2.24, 2.45) is 0 Å². The van der Waals surface area contributed by atoms with Crippen molar-refractivity contribution < 1.29 is 28.6 Å². The lowest BCUT2D eigenvalue weighted by Gasteiger charge is -2.30. The van der Waals surface area contributed by atoms with Gasteiger partial charge in [0.1, 0.15) is 24.4 Å². The summed E-state index contributed by atoms with van der Waals surface area (Å²) in [6, 6.07) is 19.4. The number of benzene rings is 3. The zero-order valence-electron chi connectivity index (χ0n) is 25.9. The number of amides is 4. The van der Waals surface area contributed by atoms with Crippen LogP contribution in [0.3, 0.4) is 0 Å². The Morgan fingerprint density at radius 3 is 2.26 bits per heavy atom. The molecule has 0 spiro atoms. The Hall–Kier alpha value is -4.21. The fourth-order valence-electron chi connectivity index (χ4n) is 4.87. The second kappa shape index (κ2) is 16.4. The highest BCUT2D eigenvalue weighted by Crippen LogP contribution is 2.32. The molecule has 4 rings (SSSR count). The van der Waals surface area contributed by atoms with Crippen molar-refractivity contribution in [3.05, 3.63) is 95.1 Å². The van der Waals surface area contributed by atoms with Crippen LogP contribution in [0.1, 0.15) is 55.0 Å². The van der Waals surface area contributed by atoms with Gasteiger partial charge in [0, 0.05) is 18.7 Å². The lowest BCUT2D eigenvalue weighted by molar-refractivity contribution is -0.134. The molecular formula is C34H43N3O6. The molecule has 1 heterocycles. The van der Waals surface area contributed by atoms with Crippen LogP contribution in [0.25, 0.3) is 0 Å². The van der Waals surface area contributed by atoms with Gasteiger partial charge < -0.3 is 24.8 Å². The van der Waals surface area contributed by atoms with Gasteiger partial charge >= 0.3 is 6.03 Å². The van der Waals surface area contributed by atoms with E-state index >= 15 is 0 Å². The van der Waals surface area contributed by atoms with Crippen LogP contribution in [0.2, 0.25) is 0 Å². The molecule has 0 saturated carbocycles. The number of imide groups is 1. The quantitative estimate of drug-likeness (QED) is 0.194. The molecule has 230 valence electrons. The number of aryl methyl sites for hydroxylation is 2. The summed E-state index contributed by atoms with van der Waals surface area (Å²) < 4.78 is 16.0. The Kier molecular flexibility index (Phi) is 12.7. The Labute approximate surface area is 254 Å². The topological polar surface area (TPSA) is 106 Å². The zero-order valence-corrected chi connectivity index (χ0v) is 25.9. The first-order valence-corrected chi connectivity index (χ1v) is 14.7. The zero-order chi connectivity index (χ0) is 31.4. The van der Waals surface area contributed by atoms with E-state index in [0.29, 0.717) is 43.4 Å². The fourth-order valence-corrected chi connectivity index (χ4v) is 4.87. The summed E-state index contributed by atoms with van der Waals surface area (Å²) in [5.74, 6) is -0.772. The van der Waals surface area contributed by atoms with E-state index in [2.05, 4.69) is 10.6 Å². The Bertz CT molecular complexity index is 1350. The lowest BCUT2D eigenvalue weighted by atomic mass is 9.91. The highest BCUT2D eigenvalue weighted by molar-refractivity contribution is 6.10. The SMILES string of the molecule is CC.COCCOCCOc1ccc([C@H]2NC(=O)N(C(C(=O)Nc3ccc(C)cc3C)C(C)c3ccccc3)C2=O)cc1. The first-order valence-electron chi connectivity index (χ1n) is 14.7. The van der Waals surface area contributed by atoms with E-state index in [9.17, 15) is 14.4 Å². The van der Waals surface area contributed by atoms with Gasteiger partial charge in [-0.15, -0.1) is 0 Å². The van der Waals surface area contributed by atoms with Crippen molar-refractivity contribution in [2.45, 2.75) is 52.6 Å². The summed E-state index contributed by atoms with van der Waals surface area (Å²) in [4.78, 5) is 41.9. The smallest absolute Gasteiger partial charge is 0.325 e. The minimum Gasteiger partial charge on any atom is -0.491 e. The van der Waals surface area contributed by atoms with E-state index in [4.69, 9.17) is 14.2 Å². The fraction of sp³-hybridized carbons (Fsp3) is 0.382. The number of rotatable bonds is 13. The maximum atomic E-state index is 13.8. The number of carbonyl (C=O) groups is 3. The van der Waals surface area contributed by atoms with Crippen molar-refractivity contribution in [1.82, 2.24) is 10.2 Å². The molecule has 3 atom stereocenters. The van der Waals surface area contributed by atoms with E-state index in [1.807, 2.05) is 83.1 Å². The summed E-state index contributed by atoms with van der Waals surface area (Å²) in [7, 11) is 1.61. The van der Waals surface area contributed by atoms with E-state index < -0.39 is 35.8 Å². The number of ether oxygens (including phenoxy) is 3. The second-order valence-corrected chi connectivity index (χ2v) is 10.1. The monoisotopic (exact) mass is 589 g/mol. The first kappa shape index (κ1) is 33.3. The number of nitrogens with one attached hydrogen (secondary N) is 2. The number of methoxy groups -OCH3 is 1. The number of anilines is 1. The Balaban J connectivity index is 0.00000248. The van der Waals surface area contributed by atoms with Crippen LogP contribution in [-0.2, 0) is 19.1 Å². The molecule has 3 aromatic carbocycles. The van der Waals surface area contributed by atoms with Gasteiger partial charge in [-0.25, -0.2) is 9.69 Å². The molecule has 2 unspecified atom stereocenters. The van der Waals surface area contributed by atoms with Crippen LogP contribution in [0, 0.1) is 13.8 Å². The number of carbonyl (C=O) groups excluding carboxylic acids is 3. The van der Waals surface area contributed by atoms with Gasteiger partial charge in [-0.3, -0.25) is 9.59 Å². The molecule has 0 bridgehead atoms. The maximum Gasteiger partial charge on any atom is 0.325 e. The van der Waals surface area contributed by atoms with E-state index in [1.54, 1.807) is 31.4 Å². The molecule has 1 fully saturated rings. The number of hydrogen-bond donors (Lipinski definition) is 2. The third-order valence-corrected chi connectivity index (χ3v) is 7.10. The van der Waals surface area contributed by atoms with Gasteiger partial charge in [0.2, 0.25) is 5.91 Å². The lowest BCUT2D eigenvalue weighted by Crippen LogP contribution is -2.50. The first-order chi connectivity index (χ1) is 20.8. The minimum atomic E-state index is -1.07. The van der Waals surface area contributed by atoms with Crippen LogP contribution in [0.5, 0.6) is 5.75 Å². The van der Waals surface area contributed by atoms with Gasteiger partial charge in [-0.2, -0.15) is 0 Å². The normalized spacial score (nSPS) is 15.7. The predicted octanol–water partition coefficient (Wildman–Crippen LogP) is 5.78. The molecule has 1 saturated heterocycles. The van der Waals surface area contributed by atoms with Crippen LogP contribution in [0.4, 0.5) is 10.5 Å². The summed E-state index contributed by atoms with van der Waals surface area (Å²) in [6.45, 7) is 11.5. The largest absolute Gasteiger partial charge is 0.491 e. The molecular weight excluding hydrogens is 546 g/mol. The molecule has 9 nitrogen and oxygen atoms in total. The van der Waals surface area contributed by atoms with Gasteiger partial charge in [-0.05, 0) is 48.7 Å². The van der Waals surface area contributed by atoms with E-state index in [1.165, 1.54) is 0 Å². The van der Waals surface area contributed by atoms with Crippen molar-refractivity contribution in [3.8, 4) is 5.75 Å². The van der Waals surface area contributed by atoms with Crippen LogP contribution < -0.4 is 15.4 Å². The molecule has 3 aromatic rings. The Morgan fingerprint density at radius 2 is 1.60 bits per heavy atom. The number of hydrogen-bond acceptors (Lipinski definition) is 6. The average Bonchev–Trinajstić information content (AvgIpc) is 3.31. The average molecular weight is 590 g/mol. The molecule has 2 N–H and O–H groups in total. The molecule has 0 radical (unpaired) electrons. The summed E-state index contributed by atoms with van der Waals surface area (Å²) >= 11 is 0. The number of nitrogens with zero attached hydrogens (tertiary/aromatic N) is 1. The molecule has 1 aliphatic rings. The van der Waals surface area contributed by atoms with Crippen molar-refractivity contribution in [1.29, 1.82) is 0 Å². The van der Waals surface area contributed by atoms with Crippen molar-refractivity contribution >= 4 is 23.5 Å². The van der Waals surface area contributed by atoms with Gasteiger partial charge in [-0.1, -0.05) is 80.9 Å². The van der Waals surface area contributed by atoms with Crippen LogP contribution in [0.15, 0.2) is 72.8 Å². The molecule has 43 heavy (non-hydrogen) atoms. The van der Waals surface area contributed by atoms with Crippen molar-refractivity contribution in [2.75, 3.05) is 38.9 Å². The van der Waals surface area contributed by atoms with Gasteiger partial charge in [0.15, 0.2) is 0 Å². The second-order valence-electron chi connectivity index (χ2n) is 10.1. The molecule has 9 heteroatoms. The predicted molar refractivity (Wildman–Crippen MR) is 167 cm³/mol. The van der Waals surface area contributed by atoms with Gasteiger partial charge in [0.05, 0.1) is 19.8 Å². The van der Waals surface area contributed by atoms with Crippen molar-refractivity contribution in [3.63, 3.8) is 0 Å². The third-order valence-electron chi connectivity index (χ3n) is 7.10. The highest BCUT2D eigenvalue weighted by atomic mass is 16.5. The maximum absolute atomic E-state index is 13.8. The van der Waals surface area contributed by atoms with E-state index in [0.717, 1.165) is 21.6 Å². The van der Waals surface area contributed by atoms with Gasteiger partial charge in [0.25, 0.3) is 5.91 Å². The molecule has 4 amide bonds. The summed E-state index contributed by atoms with van der Waals surface area (Å²) in [5, 5.41) is 5.73. The third kappa shape index (κ3) is 8.65. The minimum absolute atomic E-state index is 0.366. The molecule has 1 aliphatic heterocycles. The standard InChI is InChI=1S/C32H37N3O6.C2H6/c1-21-10-15-27(22(2)20-21)33-30(36)29(23(3)24-8-6-5-7-9-24)35-31(37)28(34-32(35)38)25-11-13-26(14-12-25)41-19-18-40-17-16-39-4;1-2/h5-15,20,23,28-29H,16-19H2,1-4H3,(H,33,36)(H,34,38);1-2H3/t23?,28-,29?;/m1./s1. The van der Waals surface area contributed by atoms with Crippen LogP contribution in [-0.4, -0.2) is 62.3 Å². The molecule has 0 aliphatic carbocycles. The molecule has 0 aromatic heterocycles. The number of urea groups is 1. The van der Waals surface area contributed by atoms with E-state index in [-0.39, 0.29) is 0 Å².